The second-order valence-electron chi connectivity index (χ2n) is 4.45. The Morgan fingerprint density at radius 3 is 2.88 bits per heavy atom. The fraction of sp³-hybridized carbons (Fsp3) is 0.500. The molecule has 3 heteroatoms. The predicted octanol–water partition coefficient (Wildman–Crippen LogP) is 2.81. The van der Waals surface area contributed by atoms with Crippen LogP contribution in [0.5, 0.6) is 5.75 Å². The van der Waals surface area contributed by atoms with Crippen LogP contribution in [0, 0.1) is 0 Å². The number of hydrogen-bond acceptors (Lipinski definition) is 2. The van der Waals surface area contributed by atoms with Gasteiger partial charge in [-0.2, -0.15) is 0 Å². The van der Waals surface area contributed by atoms with Gasteiger partial charge >= 0.3 is 5.97 Å². The molecule has 0 amide bonds. The third-order valence-electron chi connectivity index (χ3n) is 3.27. The van der Waals surface area contributed by atoms with Crippen molar-refractivity contribution in [3.05, 3.63) is 29.3 Å². The minimum atomic E-state index is -0.888. The molecule has 1 N–H and O–H groups in total. The summed E-state index contributed by atoms with van der Waals surface area (Å²) in [5.41, 5.74) is 2.52. The van der Waals surface area contributed by atoms with Gasteiger partial charge in [-0.25, -0.2) is 4.79 Å². The Hall–Kier alpha value is -1.51. The van der Waals surface area contributed by atoms with Gasteiger partial charge in [0.15, 0.2) is 6.10 Å². The Balaban J connectivity index is 2.23. The van der Waals surface area contributed by atoms with Gasteiger partial charge in [0.1, 0.15) is 5.75 Å². The molecular weight excluding hydrogens is 216 g/mol. The second-order valence-corrected chi connectivity index (χ2v) is 4.45. The molecule has 92 valence electrons. The molecule has 1 aromatic rings. The molecule has 0 bridgehead atoms. The van der Waals surface area contributed by atoms with Crippen LogP contribution in [0.2, 0.25) is 0 Å². The maximum absolute atomic E-state index is 11.0. The molecule has 1 aromatic carbocycles. The molecule has 17 heavy (non-hydrogen) atoms. The third-order valence-corrected chi connectivity index (χ3v) is 3.27. The van der Waals surface area contributed by atoms with Crippen molar-refractivity contribution in [3.63, 3.8) is 0 Å². The zero-order valence-corrected chi connectivity index (χ0v) is 10.1. The fourth-order valence-electron chi connectivity index (χ4n) is 2.32. The molecule has 0 aliphatic heterocycles. The molecule has 3 nitrogen and oxygen atoms in total. The lowest BCUT2D eigenvalue weighted by Gasteiger charge is -2.21. The Morgan fingerprint density at radius 2 is 2.18 bits per heavy atom. The molecule has 0 saturated carbocycles. The molecule has 1 aliphatic carbocycles. The average Bonchev–Trinajstić information content (AvgIpc) is 2.35. The summed E-state index contributed by atoms with van der Waals surface area (Å²) in [5.74, 6) is -0.127. The lowest BCUT2D eigenvalue weighted by atomic mass is 9.91. The van der Waals surface area contributed by atoms with Crippen LogP contribution >= 0.6 is 0 Å². The van der Waals surface area contributed by atoms with Crippen molar-refractivity contribution in [3.8, 4) is 5.75 Å². The maximum atomic E-state index is 11.0. The number of aryl methyl sites for hydroxylation is 1. The summed E-state index contributed by atoms with van der Waals surface area (Å²) in [6, 6.07) is 5.95. The number of aliphatic carboxylic acids is 1. The van der Waals surface area contributed by atoms with Crippen molar-refractivity contribution in [1.29, 1.82) is 0 Å². The van der Waals surface area contributed by atoms with E-state index in [2.05, 4.69) is 6.07 Å². The first kappa shape index (κ1) is 12.0. The fourth-order valence-corrected chi connectivity index (χ4v) is 2.32. The Morgan fingerprint density at radius 1 is 1.41 bits per heavy atom. The van der Waals surface area contributed by atoms with Crippen LogP contribution in [-0.4, -0.2) is 17.2 Å². The molecule has 0 aromatic heterocycles. The predicted molar refractivity (Wildman–Crippen MR) is 65.4 cm³/mol. The van der Waals surface area contributed by atoms with Crippen LogP contribution < -0.4 is 4.74 Å². The van der Waals surface area contributed by atoms with Gasteiger partial charge in [-0.1, -0.05) is 19.1 Å². The molecule has 0 spiro atoms. The molecule has 0 radical (unpaired) electrons. The summed E-state index contributed by atoms with van der Waals surface area (Å²) >= 11 is 0. The van der Waals surface area contributed by atoms with E-state index >= 15 is 0 Å². The molecule has 0 fully saturated rings. The average molecular weight is 234 g/mol. The molecule has 0 saturated heterocycles. The SMILES string of the molecule is CCC(Oc1cccc2c1CCCC2)C(=O)O. The van der Waals surface area contributed by atoms with Gasteiger partial charge in [-0.3, -0.25) is 0 Å². The standard InChI is InChI=1S/C14H18O3/c1-2-12(14(15)16)17-13-9-5-7-10-6-3-4-8-11(10)13/h5,7,9,12H,2-4,6,8H2,1H3,(H,15,16). The minimum absolute atomic E-state index is 0.485. The Labute approximate surface area is 101 Å². The van der Waals surface area contributed by atoms with E-state index in [-0.39, 0.29) is 0 Å². The first-order valence-electron chi connectivity index (χ1n) is 6.22. The summed E-state index contributed by atoms with van der Waals surface area (Å²) in [6.45, 7) is 1.83. The van der Waals surface area contributed by atoms with Gasteiger partial charge in [0.25, 0.3) is 0 Å². The quantitative estimate of drug-likeness (QED) is 0.871. The topological polar surface area (TPSA) is 46.5 Å². The zero-order chi connectivity index (χ0) is 12.3. The van der Waals surface area contributed by atoms with Crippen molar-refractivity contribution >= 4 is 5.97 Å². The van der Waals surface area contributed by atoms with Gasteiger partial charge in [-0.05, 0) is 49.3 Å². The van der Waals surface area contributed by atoms with E-state index in [9.17, 15) is 4.79 Å². The van der Waals surface area contributed by atoms with Crippen molar-refractivity contribution < 1.29 is 14.6 Å². The van der Waals surface area contributed by atoms with Crippen LogP contribution in [0.1, 0.15) is 37.3 Å². The van der Waals surface area contributed by atoms with Crippen molar-refractivity contribution in [2.75, 3.05) is 0 Å². The smallest absolute Gasteiger partial charge is 0.344 e. The third kappa shape index (κ3) is 2.60. The van der Waals surface area contributed by atoms with E-state index in [1.165, 1.54) is 17.5 Å². The van der Waals surface area contributed by atoms with Crippen LogP contribution in [0.3, 0.4) is 0 Å². The molecule has 1 atom stereocenters. The molecule has 2 rings (SSSR count). The highest BCUT2D eigenvalue weighted by Gasteiger charge is 2.20. The lowest BCUT2D eigenvalue weighted by Crippen LogP contribution is -2.26. The van der Waals surface area contributed by atoms with Gasteiger partial charge in [0, 0.05) is 0 Å². The lowest BCUT2D eigenvalue weighted by molar-refractivity contribution is -0.145. The summed E-state index contributed by atoms with van der Waals surface area (Å²) in [4.78, 5) is 11.0. The van der Waals surface area contributed by atoms with Gasteiger partial charge in [-0.15, -0.1) is 0 Å². The van der Waals surface area contributed by atoms with Crippen molar-refractivity contribution in [2.45, 2.75) is 45.1 Å². The number of carboxylic acids is 1. The summed E-state index contributed by atoms with van der Waals surface area (Å²) < 4.78 is 5.62. The van der Waals surface area contributed by atoms with E-state index in [1.807, 2.05) is 19.1 Å². The van der Waals surface area contributed by atoms with E-state index in [0.29, 0.717) is 6.42 Å². The van der Waals surface area contributed by atoms with Crippen LogP contribution in [0.15, 0.2) is 18.2 Å². The van der Waals surface area contributed by atoms with Crippen molar-refractivity contribution in [1.82, 2.24) is 0 Å². The maximum Gasteiger partial charge on any atom is 0.344 e. The number of ether oxygens (including phenoxy) is 1. The van der Waals surface area contributed by atoms with Gasteiger partial charge in [0.2, 0.25) is 0 Å². The summed E-state index contributed by atoms with van der Waals surface area (Å²) in [6.07, 6.45) is 4.21. The number of fused-ring (bicyclic) bond motifs is 1. The van der Waals surface area contributed by atoms with Gasteiger partial charge < -0.3 is 9.84 Å². The number of carbonyl (C=O) groups is 1. The highest BCUT2D eigenvalue weighted by atomic mass is 16.5. The number of hydrogen-bond donors (Lipinski definition) is 1. The van der Waals surface area contributed by atoms with Gasteiger partial charge in [0.05, 0.1) is 0 Å². The Bertz CT molecular complexity index is 412. The number of benzene rings is 1. The van der Waals surface area contributed by atoms with E-state index in [1.54, 1.807) is 0 Å². The second kappa shape index (κ2) is 5.21. The number of carboxylic acid groups (broad SMARTS) is 1. The normalized spacial score (nSPS) is 16.1. The summed E-state index contributed by atoms with van der Waals surface area (Å²) in [7, 11) is 0. The first-order chi connectivity index (χ1) is 8.22. The van der Waals surface area contributed by atoms with E-state index < -0.39 is 12.1 Å². The number of rotatable bonds is 4. The highest BCUT2D eigenvalue weighted by molar-refractivity contribution is 5.72. The minimum Gasteiger partial charge on any atom is -0.479 e. The molecule has 1 unspecified atom stereocenters. The zero-order valence-electron chi connectivity index (χ0n) is 10.1. The Kier molecular flexibility index (Phi) is 3.67. The van der Waals surface area contributed by atoms with Crippen LogP contribution in [0.4, 0.5) is 0 Å². The molecule has 0 heterocycles. The van der Waals surface area contributed by atoms with E-state index in [0.717, 1.165) is 25.0 Å². The first-order valence-corrected chi connectivity index (χ1v) is 6.22. The van der Waals surface area contributed by atoms with Crippen LogP contribution in [0.25, 0.3) is 0 Å². The molecular formula is C14H18O3. The molecule has 1 aliphatic rings. The van der Waals surface area contributed by atoms with Crippen LogP contribution in [-0.2, 0) is 17.6 Å². The monoisotopic (exact) mass is 234 g/mol. The van der Waals surface area contributed by atoms with E-state index in [4.69, 9.17) is 9.84 Å². The summed E-state index contributed by atoms with van der Waals surface area (Å²) in [5, 5.41) is 9.01. The highest BCUT2D eigenvalue weighted by Crippen LogP contribution is 2.30. The van der Waals surface area contributed by atoms with Crippen molar-refractivity contribution in [2.24, 2.45) is 0 Å². The largest absolute Gasteiger partial charge is 0.479 e.